The van der Waals surface area contributed by atoms with Gasteiger partial charge in [-0.05, 0) is 12.1 Å². The van der Waals surface area contributed by atoms with E-state index in [1.165, 1.54) is 4.81 Å². The lowest BCUT2D eigenvalue weighted by molar-refractivity contribution is -0.113. The Morgan fingerprint density at radius 2 is 2.11 bits per heavy atom. The van der Waals surface area contributed by atoms with E-state index in [-0.39, 0.29) is 12.3 Å². The van der Waals surface area contributed by atoms with Crippen molar-refractivity contribution in [3.05, 3.63) is 35.9 Å². The molecule has 0 amide bonds. The zero-order chi connectivity index (χ0) is 13.6. The van der Waals surface area contributed by atoms with Gasteiger partial charge in [0.25, 0.3) is 0 Å². The molecule has 2 aromatic rings. The number of para-hydroxylation sites is 2. The van der Waals surface area contributed by atoms with Crippen molar-refractivity contribution in [3.8, 4) is 0 Å². The van der Waals surface area contributed by atoms with Crippen LogP contribution in [0.5, 0.6) is 0 Å². The van der Waals surface area contributed by atoms with Crippen LogP contribution in [0.4, 0.5) is 0 Å². The monoisotopic (exact) mass is 252 g/mol. The molecule has 0 spiro atoms. The average Bonchev–Trinajstić information content (AvgIpc) is 2.87. The molecule has 3 rings (SSSR count). The topological polar surface area (TPSA) is 50.2 Å². The van der Waals surface area contributed by atoms with Crippen LogP contribution in [0.25, 0.3) is 16.6 Å². The molecule has 0 unspecified atom stereocenters. The molecule has 0 saturated carbocycles. The summed E-state index contributed by atoms with van der Waals surface area (Å²) in [5.41, 5.74) is 2.40. The normalized spacial score (nSPS) is 15.7. The largest absolute Gasteiger partial charge is 0.405 e. The van der Waals surface area contributed by atoms with Crippen LogP contribution < -0.4 is 5.32 Å². The van der Waals surface area contributed by atoms with Crippen LogP contribution in [-0.2, 0) is 11.8 Å². The third-order valence-corrected chi connectivity index (χ3v) is 3.36. The molecule has 94 valence electrons. The number of fused-ring (bicyclic) bond motifs is 1. The summed E-state index contributed by atoms with van der Waals surface area (Å²) < 4.78 is 1.92. The number of aryl methyl sites for hydroxylation is 1. The number of carbonyl (C=O) groups excluding carboxylic acids is 1. The van der Waals surface area contributed by atoms with Gasteiger partial charge in [0.15, 0.2) is 5.78 Å². The first kappa shape index (κ1) is 11.8. The number of nitrogens with one attached hydrogen (secondary N) is 1. The molecule has 2 radical (unpaired) electrons. The van der Waals surface area contributed by atoms with Gasteiger partial charge in [0.2, 0.25) is 7.98 Å². The molecule has 1 N–H and O–H groups in total. The highest BCUT2D eigenvalue weighted by Crippen LogP contribution is 2.27. The number of imidazole rings is 1. The standard InChI is InChI=1S/C13H13BN4O/c1-15-12-11(10(19)7-18(12)14)13-16-8-5-3-4-6-9(8)17(13)2/h3-6,15H,7H2,1-2H3. The fourth-order valence-corrected chi connectivity index (χ4v) is 2.46. The summed E-state index contributed by atoms with van der Waals surface area (Å²) in [6.45, 7) is 0.175. The predicted octanol–water partition coefficient (Wildman–Crippen LogP) is 0.430. The predicted molar refractivity (Wildman–Crippen MR) is 74.2 cm³/mol. The molecular weight excluding hydrogens is 239 g/mol. The molecule has 5 nitrogen and oxygen atoms in total. The first-order valence-electron chi connectivity index (χ1n) is 6.02. The molecule has 0 aliphatic carbocycles. The Labute approximate surface area is 112 Å². The highest BCUT2D eigenvalue weighted by Gasteiger charge is 2.30. The molecule has 1 aliphatic rings. The summed E-state index contributed by atoms with van der Waals surface area (Å²) in [6, 6.07) is 7.79. The number of aromatic nitrogens is 2. The van der Waals surface area contributed by atoms with Crippen LogP contribution in [-0.4, -0.2) is 41.7 Å². The molecule has 6 heteroatoms. The Kier molecular flexibility index (Phi) is 2.59. The maximum absolute atomic E-state index is 12.1. The van der Waals surface area contributed by atoms with E-state index in [1.54, 1.807) is 7.05 Å². The van der Waals surface area contributed by atoms with Crippen LogP contribution in [0.15, 0.2) is 30.1 Å². The second-order valence-corrected chi connectivity index (χ2v) is 4.51. The molecule has 1 aromatic heterocycles. The van der Waals surface area contributed by atoms with E-state index < -0.39 is 0 Å². The van der Waals surface area contributed by atoms with Crippen molar-refractivity contribution in [1.29, 1.82) is 0 Å². The van der Waals surface area contributed by atoms with Gasteiger partial charge < -0.3 is 14.7 Å². The first-order chi connectivity index (χ1) is 9.13. The third kappa shape index (κ3) is 1.63. The molecule has 0 fully saturated rings. The second-order valence-electron chi connectivity index (χ2n) is 4.51. The van der Waals surface area contributed by atoms with E-state index in [9.17, 15) is 4.79 Å². The number of Topliss-reactive ketones (excluding diaryl/α,β-unsaturated/α-hetero) is 1. The van der Waals surface area contributed by atoms with Crippen molar-refractivity contribution in [3.63, 3.8) is 0 Å². The van der Waals surface area contributed by atoms with Crippen LogP contribution in [0.1, 0.15) is 5.82 Å². The molecule has 1 aromatic carbocycles. The van der Waals surface area contributed by atoms with Crippen LogP contribution in [0, 0.1) is 0 Å². The first-order valence-corrected chi connectivity index (χ1v) is 6.02. The molecule has 1 aliphatic heterocycles. The van der Waals surface area contributed by atoms with Gasteiger partial charge in [0.05, 0.1) is 17.6 Å². The van der Waals surface area contributed by atoms with Crippen molar-refractivity contribution in [2.45, 2.75) is 0 Å². The number of carbonyl (C=O) groups is 1. The van der Waals surface area contributed by atoms with Crippen molar-refractivity contribution in [2.75, 3.05) is 13.6 Å². The van der Waals surface area contributed by atoms with Gasteiger partial charge in [-0.15, -0.1) is 0 Å². The van der Waals surface area contributed by atoms with Crippen molar-refractivity contribution >= 4 is 30.4 Å². The zero-order valence-electron chi connectivity index (χ0n) is 10.8. The zero-order valence-corrected chi connectivity index (χ0v) is 10.8. The smallest absolute Gasteiger partial charge is 0.229 e. The van der Waals surface area contributed by atoms with Crippen molar-refractivity contribution < 1.29 is 4.79 Å². The summed E-state index contributed by atoms with van der Waals surface area (Å²) >= 11 is 0. The van der Waals surface area contributed by atoms with Gasteiger partial charge in [-0.3, -0.25) is 4.79 Å². The molecule has 0 atom stereocenters. The second kappa shape index (κ2) is 4.15. The van der Waals surface area contributed by atoms with E-state index in [2.05, 4.69) is 10.3 Å². The number of nitrogens with zero attached hydrogens (tertiary/aromatic N) is 3. The van der Waals surface area contributed by atoms with E-state index in [0.717, 1.165) is 11.0 Å². The van der Waals surface area contributed by atoms with Gasteiger partial charge in [0, 0.05) is 14.1 Å². The number of rotatable bonds is 2. The maximum Gasteiger partial charge on any atom is 0.229 e. The lowest BCUT2D eigenvalue weighted by Gasteiger charge is -2.15. The lowest BCUT2D eigenvalue weighted by Crippen LogP contribution is -2.24. The molecule has 2 heterocycles. The van der Waals surface area contributed by atoms with E-state index in [1.807, 2.05) is 35.9 Å². The number of hydrogen-bond acceptors (Lipinski definition) is 4. The highest BCUT2D eigenvalue weighted by molar-refractivity contribution is 6.27. The van der Waals surface area contributed by atoms with Gasteiger partial charge in [-0.25, -0.2) is 4.98 Å². The Hall–Kier alpha value is -2.24. The summed E-state index contributed by atoms with van der Waals surface area (Å²) in [5.74, 6) is 1.23. The fraction of sp³-hybridized carbons (Fsp3) is 0.231. The van der Waals surface area contributed by atoms with Gasteiger partial charge in [-0.2, -0.15) is 0 Å². The maximum atomic E-state index is 12.1. The Balaban J connectivity index is 2.27. The summed E-state index contributed by atoms with van der Waals surface area (Å²) in [7, 11) is 9.45. The minimum absolute atomic E-state index is 0.0229. The lowest BCUT2D eigenvalue weighted by atomic mass is 10.2. The van der Waals surface area contributed by atoms with E-state index >= 15 is 0 Å². The number of hydrogen-bond donors (Lipinski definition) is 1. The van der Waals surface area contributed by atoms with Gasteiger partial charge in [0.1, 0.15) is 17.2 Å². The minimum atomic E-state index is -0.0229. The van der Waals surface area contributed by atoms with Gasteiger partial charge in [-0.1, -0.05) is 12.1 Å². The highest BCUT2D eigenvalue weighted by atomic mass is 16.1. The molecule has 19 heavy (non-hydrogen) atoms. The van der Waals surface area contributed by atoms with Crippen molar-refractivity contribution in [1.82, 2.24) is 19.7 Å². The van der Waals surface area contributed by atoms with E-state index in [0.29, 0.717) is 17.2 Å². The fourth-order valence-electron chi connectivity index (χ4n) is 2.46. The minimum Gasteiger partial charge on any atom is -0.405 e. The Morgan fingerprint density at radius 1 is 1.37 bits per heavy atom. The summed E-state index contributed by atoms with van der Waals surface area (Å²) in [4.78, 5) is 18.1. The van der Waals surface area contributed by atoms with Crippen LogP contribution in [0.3, 0.4) is 0 Å². The number of benzene rings is 1. The van der Waals surface area contributed by atoms with Crippen molar-refractivity contribution in [2.24, 2.45) is 7.05 Å². The molecule has 0 bridgehead atoms. The van der Waals surface area contributed by atoms with Crippen LogP contribution in [0.2, 0.25) is 0 Å². The quantitative estimate of drug-likeness (QED) is 0.787. The average molecular weight is 252 g/mol. The Bertz CT molecular complexity index is 704. The Morgan fingerprint density at radius 3 is 2.79 bits per heavy atom. The van der Waals surface area contributed by atoms with E-state index in [4.69, 9.17) is 7.98 Å². The summed E-state index contributed by atoms with van der Waals surface area (Å²) in [6.07, 6.45) is 0. The SMILES string of the molecule is [B]N1CC(=O)C(c2nc3ccccc3n2C)=C1NC. The number of ketones is 1. The molecular formula is C13H13BN4O. The third-order valence-electron chi connectivity index (χ3n) is 3.36. The summed E-state index contributed by atoms with van der Waals surface area (Å²) in [5, 5.41) is 2.97. The van der Waals surface area contributed by atoms with Crippen LogP contribution >= 0.6 is 0 Å². The molecule has 0 saturated heterocycles. The van der Waals surface area contributed by atoms with Gasteiger partial charge >= 0.3 is 0 Å².